The number of rotatable bonds is 5. The van der Waals surface area contributed by atoms with Crippen LogP contribution < -0.4 is 4.90 Å². The molecule has 1 heterocycles. The summed E-state index contributed by atoms with van der Waals surface area (Å²) in [6.07, 6.45) is 1.63. The van der Waals surface area contributed by atoms with Crippen LogP contribution in [-0.2, 0) is 4.43 Å². The van der Waals surface area contributed by atoms with Crippen LogP contribution in [0.15, 0.2) is 60.9 Å². The summed E-state index contributed by atoms with van der Waals surface area (Å²) in [6.45, 7) is 11.0. The van der Waals surface area contributed by atoms with Gasteiger partial charge in [0.15, 0.2) is 8.32 Å². The molecule has 0 saturated carbocycles. The molecule has 1 aromatic heterocycles. The van der Waals surface area contributed by atoms with Gasteiger partial charge in [-0.1, -0.05) is 32.0 Å². The Balaban J connectivity index is 0.00000117. The molecule has 0 amide bonds. The summed E-state index contributed by atoms with van der Waals surface area (Å²) in [7, 11) is -1.65. The highest BCUT2D eigenvalue weighted by atomic mass is 28.4. The zero-order chi connectivity index (χ0) is 19.2. The zero-order valence-electron chi connectivity index (χ0n) is 16.7. The lowest BCUT2D eigenvalue weighted by Gasteiger charge is -2.28. The molecule has 0 radical (unpaired) electrons. The monoisotopic (exact) mass is 354 g/mol. The van der Waals surface area contributed by atoms with Crippen LogP contribution in [0.3, 0.4) is 0 Å². The van der Waals surface area contributed by atoms with Crippen molar-refractivity contribution < 1.29 is 5.80 Å². The molecule has 0 saturated heterocycles. The molecule has 0 fully saturated rings. The SMILES string of the molecule is CC.[2H]c1cnc2ccc(N(CO[Si](C)(C)C)c3ccccc3)cc2n1. The lowest BCUT2D eigenvalue weighted by molar-refractivity contribution is 0.321. The molecule has 3 aromatic rings. The Bertz CT molecular complexity index is 837. The second-order valence-corrected chi connectivity index (χ2v) is 10.8. The number of para-hydroxylation sites is 1. The fraction of sp³-hybridized carbons (Fsp3) is 0.300. The molecule has 0 aliphatic heterocycles. The highest BCUT2D eigenvalue weighted by Gasteiger charge is 2.18. The molecular formula is C20H27N3OSi. The third kappa shape index (κ3) is 5.37. The van der Waals surface area contributed by atoms with Crippen molar-refractivity contribution in [3.8, 4) is 0 Å². The summed E-state index contributed by atoms with van der Waals surface area (Å²) in [4.78, 5) is 10.6. The summed E-state index contributed by atoms with van der Waals surface area (Å²) < 4.78 is 13.8. The van der Waals surface area contributed by atoms with Gasteiger partial charge in [-0.15, -0.1) is 0 Å². The molecule has 0 aliphatic rings. The average Bonchev–Trinajstić information content (AvgIpc) is 2.63. The minimum Gasteiger partial charge on any atom is -0.400 e. The van der Waals surface area contributed by atoms with Gasteiger partial charge in [0.1, 0.15) is 6.73 Å². The molecule has 0 aliphatic carbocycles. The van der Waals surface area contributed by atoms with E-state index in [0.29, 0.717) is 12.2 Å². The molecule has 5 heteroatoms. The molecule has 0 N–H and O–H groups in total. The maximum atomic E-state index is 7.68. The van der Waals surface area contributed by atoms with Crippen LogP contribution in [-0.4, -0.2) is 25.0 Å². The fourth-order valence-electron chi connectivity index (χ4n) is 2.24. The lowest BCUT2D eigenvalue weighted by Crippen LogP contribution is -2.32. The standard InChI is InChI=1S/C18H21N3OSi.C2H6/c1-23(2,3)22-14-21(15-7-5-4-6-8-15)16-9-10-17-18(13-16)20-12-11-19-17;1-2/h4-13H,14H2,1-3H3;1-2H3/i12D;. The summed E-state index contributed by atoms with van der Waals surface area (Å²) in [5.41, 5.74) is 3.54. The number of hydrogen-bond donors (Lipinski definition) is 0. The van der Waals surface area contributed by atoms with Crippen LogP contribution in [0.2, 0.25) is 19.6 Å². The van der Waals surface area contributed by atoms with E-state index in [2.05, 4.69) is 46.6 Å². The quantitative estimate of drug-likeness (QED) is 0.441. The van der Waals surface area contributed by atoms with Crippen molar-refractivity contribution in [2.45, 2.75) is 33.5 Å². The topological polar surface area (TPSA) is 38.2 Å². The first-order valence-corrected chi connectivity index (χ1v) is 12.0. The Kier molecular flexibility index (Phi) is 6.14. The number of hydrogen-bond acceptors (Lipinski definition) is 4. The molecule has 0 spiro atoms. The molecule has 132 valence electrons. The first kappa shape index (κ1) is 17.6. The lowest BCUT2D eigenvalue weighted by atomic mass is 10.2. The van der Waals surface area contributed by atoms with Crippen molar-refractivity contribution in [1.29, 1.82) is 0 Å². The van der Waals surface area contributed by atoms with Gasteiger partial charge in [0, 0.05) is 23.7 Å². The van der Waals surface area contributed by atoms with Crippen molar-refractivity contribution in [2.24, 2.45) is 0 Å². The molecule has 2 aromatic carbocycles. The minimum absolute atomic E-state index is 0.171. The Labute approximate surface area is 153 Å². The van der Waals surface area contributed by atoms with E-state index in [9.17, 15) is 0 Å². The third-order valence-electron chi connectivity index (χ3n) is 3.41. The van der Waals surface area contributed by atoms with E-state index < -0.39 is 8.32 Å². The van der Waals surface area contributed by atoms with Gasteiger partial charge in [0.25, 0.3) is 0 Å². The number of nitrogens with zero attached hydrogens (tertiary/aromatic N) is 3. The number of fused-ring (bicyclic) bond motifs is 1. The van der Waals surface area contributed by atoms with E-state index in [0.717, 1.165) is 16.9 Å². The van der Waals surface area contributed by atoms with Gasteiger partial charge in [0.2, 0.25) is 0 Å². The normalized spacial score (nSPS) is 11.5. The first-order chi connectivity index (χ1) is 12.4. The van der Waals surface area contributed by atoms with E-state index in [1.54, 1.807) is 0 Å². The van der Waals surface area contributed by atoms with E-state index in [1.165, 1.54) is 6.20 Å². The second-order valence-electron chi connectivity index (χ2n) is 6.32. The van der Waals surface area contributed by atoms with Crippen molar-refractivity contribution in [3.63, 3.8) is 0 Å². The highest BCUT2D eigenvalue weighted by Crippen LogP contribution is 2.27. The van der Waals surface area contributed by atoms with Gasteiger partial charge in [-0.25, -0.2) is 0 Å². The smallest absolute Gasteiger partial charge is 0.186 e. The molecule has 0 atom stereocenters. The van der Waals surface area contributed by atoms with Crippen molar-refractivity contribution >= 4 is 30.7 Å². The van der Waals surface area contributed by atoms with E-state index >= 15 is 0 Å². The maximum absolute atomic E-state index is 7.68. The van der Waals surface area contributed by atoms with Gasteiger partial charge >= 0.3 is 0 Å². The Morgan fingerprint density at radius 2 is 1.68 bits per heavy atom. The van der Waals surface area contributed by atoms with Gasteiger partial charge in [0.05, 0.1) is 12.4 Å². The first-order valence-electron chi connectivity index (χ1n) is 9.12. The predicted molar refractivity (Wildman–Crippen MR) is 109 cm³/mol. The minimum atomic E-state index is -1.65. The highest BCUT2D eigenvalue weighted by molar-refractivity contribution is 6.69. The van der Waals surface area contributed by atoms with Crippen LogP contribution in [0.1, 0.15) is 15.2 Å². The molecule has 25 heavy (non-hydrogen) atoms. The summed E-state index contributed by atoms with van der Waals surface area (Å²) in [6, 6.07) is 16.1. The molecule has 4 nitrogen and oxygen atoms in total. The number of benzene rings is 2. The second kappa shape index (κ2) is 8.74. The van der Waals surface area contributed by atoms with Crippen molar-refractivity contribution in [2.75, 3.05) is 11.6 Å². The van der Waals surface area contributed by atoms with Crippen LogP contribution in [0.4, 0.5) is 11.4 Å². The molecule has 0 unspecified atom stereocenters. The fourth-order valence-corrected chi connectivity index (χ4v) is 2.76. The van der Waals surface area contributed by atoms with E-state index in [4.69, 9.17) is 5.80 Å². The van der Waals surface area contributed by atoms with Crippen LogP contribution in [0.25, 0.3) is 11.0 Å². The summed E-state index contributed by atoms with van der Waals surface area (Å²) >= 11 is 0. The summed E-state index contributed by atoms with van der Waals surface area (Å²) in [5.74, 6) is 0. The molecule has 0 bridgehead atoms. The average molecular weight is 355 g/mol. The predicted octanol–water partition coefficient (Wildman–Crippen LogP) is 5.60. The number of anilines is 2. The van der Waals surface area contributed by atoms with Gasteiger partial charge in [-0.2, -0.15) is 0 Å². The Morgan fingerprint density at radius 3 is 2.36 bits per heavy atom. The molecule has 3 rings (SSSR count). The Morgan fingerprint density at radius 1 is 0.960 bits per heavy atom. The van der Waals surface area contributed by atoms with Crippen molar-refractivity contribution in [1.82, 2.24) is 9.97 Å². The number of aromatic nitrogens is 2. The zero-order valence-corrected chi connectivity index (χ0v) is 16.7. The Hall–Kier alpha value is -2.24. The maximum Gasteiger partial charge on any atom is 0.186 e. The third-order valence-corrected chi connectivity index (χ3v) is 4.41. The van der Waals surface area contributed by atoms with E-state index in [1.807, 2.05) is 50.2 Å². The van der Waals surface area contributed by atoms with Crippen LogP contribution in [0.5, 0.6) is 0 Å². The van der Waals surface area contributed by atoms with Crippen molar-refractivity contribution in [3.05, 3.63) is 60.9 Å². The van der Waals surface area contributed by atoms with Gasteiger partial charge in [-0.3, -0.25) is 9.97 Å². The van der Waals surface area contributed by atoms with Crippen LogP contribution in [0, 0.1) is 0 Å². The van der Waals surface area contributed by atoms with Gasteiger partial charge in [-0.05, 0) is 50.0 Å². The molecular weight excluding hydrogens is 326 g/mol. The van der Waals surface area contributed by atoms with Gasteiger partial charge < -0.3 is 9.33 Å². The largest absolute Gasteiger partial charge is 0.400 e. The van der Waals surface area contributed by atoms with Crippen LogP contribution >= 0.6 is 0 Å². The van der Waals surface area contributed by atoms with E-state index in [-0.39, 0.29) is 6.17 Å². The summed E-state index contributed by atoms with van der Waals surface area (Å²) in [5, 5.41) is 0.